The molecular formula is C27H32ClFN2O2. The number of fused-ring (bicyclic) bond motifs is 1. The summed E-state index contributed by atoms with van der Waals surface area (Å²) in [7, 11) is 0. The molecule has 2 aromatic carbocycles. The van der Waals surface area contributed by atoms with Gasteiger partial charge in [-0.2, -0.15) is 0 Å². The number of nitrogens with one attached hydrogen (secondary N) is 1. The first-order valence-electron chi connectivity index (χ1n) is 12.3. The summed E-state index contributed by atoms with van der Waals surface area (Å²) in [6.45, 7) is 2.12. The third-order valence-corrected chi connectivity index (χ3v) is 7.88. The summed E-state index contributed by atoms with van der Waals surface area (Å²) in [5.74, 6) is 0.793. The molecule has 1 spiro atoms. The van der Waals surface area contributed by atoms with Crippen LogP contribution in [0.3, 0.4) is 0 Å². The van der Waals surface area contributed by atoms with E-state index in [1.54, 1.807) is 12.1 Å². The van der Waals surface area contributed by atoms with E-state index in [2.05, 4.69) is 16.3 Å². The van der Waals surface area contributed by atoms with Gasteiger partial charge in [-0.15, -0.1) is 0 Å². The molecule has 2 fully saturated rings. The van der Waals surface area contributed by atoms with Gasteiger partial charge in [-0.3, -0.25) is 9.69 Å². The van der Waals surface area contributed by atoms with E-state index in [1.165, 1.54) is 25.3 Å². The van der Waals surface area contributed by atoms with Gasteiger partial charge in [0.2, 0.25) is 5.91 Å². The normalized spacial score (nSPS) is 23.0. The number of carbonyl (C=O) groups is 1. The minimum Gasteiger partial charge on any atom is -0.487 e. The first-order valence-corrected chi connectivity index (χ1v) is 12.6. The highest BCUT2D eigenvalue weighted by atomic mass is 35.5. The minimum absolute atomic E-state index is 0.00161. The molecule has 0 unspecified atom stereocenters. The van der Waals surface area contributed by atoms with Gasteiger partial charge in [0, 0.05) is 35.0 Å². The van der Waals surface area contributed by atoms with Gasteiger partial charge in [0.15, 0.2) is 0 Å². The number of benzene rings is 2. The zero-order valence-electron chi connectivity index (χ0n) is 19.0. The number of rotatable bonds is 4. The average molecular weight is 471 g/mol. The molecule has 1 aliphatic carbocycles. The molecule has 2 aliphatic heterocycles. The number of amides is 1. The molecule has 1 amide bonds. The standard InChI is InChI=1S/C27H32ClFN2O2/c28-21-9-8-20(23(29)16-21)18-31-14-10-19(11-15-31)26(32)30-24-17-27(12-4-1-5-13-27)33-25-7-3-2-6-22(24)25/h2-3,6-9,16,19,24H,1,4-5,10-15,17-18H2,(H,30,32)/t24-/m0/s1. The number of para-hydroxylation sites is 1. The van der Waals surface area contributed by atoms with Crippen molar-refractivity contribution >= 4 is 17.5 Å². The van der Waals surface area contributed by atoms with Gasteiger partial charge < -0.3 is 10.1 Å². The van der Waals surface area contributed by atoms with Gasteiger partial charge in [0.1, 0.15) is 17.2 Å². The van der Waals surface area contributed by atoms with Gasteiger partial charge in [0.05, 0.1) is 6.04 Å². The Bertz CT molecular complexity index is 999. The quantitative estimate of drug-likeness (QED) is 0.592. The Morgan fingerprint density at radius 1 is 1.12 bits per heavy atom. The Morgan fingerprint density at radius 3 is 2.64 bits per heavy atom. The lowest BCUT2D eigenvalue weighted by Gasteiger charge is -2.45. The molecule has 176 valence electrons. The van der Waals surface area contributed by atoms with Gasteiger partial charge in [-0.25, -0.2) is 4.39 Å². The molecule has 1 atom stereocenters. The van der Waals surface area contributed by atoms with E-state index in [1.807, 2.05) is 18.2 Å². The molecule has 6 heteroatoms. The van der Waals surface area contributed by atoms with E-state index in [9.17, 15) is 9.18 Å². The number of ether oxygens (including phenoxy) is 1. The molecule has 2 aromatic rings. The predicted molar refractivity (Wildman–Crippen MR) is 128 cm³/mol. The van der Waals surface area contributed by atoms with Gasteiger partial charge in [-0.1, -0.05) is 42.3 Å². The Morgan fingerprint density at radius 2 is 1.88 bits per heavy atom. The lowest BCUT2D eigenvalue weighted by atomic mass is 9.77. The van der Waals surface area contributed by atoms with E-state index in [-0.39, 0.29) is 29.3 Å². The van der Waals surface area contributed by atoms with Crippen molar-refractivity contribution in [3.63, 3.8) is 0 Å². The molecule has 4 nitrogen and oxygen atoms in total. The Hall–Kier alpha value is -2.11. The van der Waals surface area contributed by atoms with E-state index < -0.39 is 0 Å². The fourth-order valence-electron chi connectivity index (χ4n) is 5.78. The third-order valence-electron chi connectivity index (χ3n) is 7.65. The maximum absolute atomic E-state index is 14.2. The van der Waals surface area contributed by atoms with Gasteiger partial charge in [0.25, 0.3) is 0 Å². The van der Waals surface area contributed by atoms with Crippen molar-refractivity contribution < 1.29 is 13.9 Å². The number of piperidine rings is 1. The number of nitrogens with zero attached hydrogens (tertiary/aromatic N) is 1. The smallest absolute Gasteiger partial charge is 0.223 e. The molecule has 3 aliphatic rings. The SMILES string of the molecule is O=C(N[C@H]1CC2(CCCCC2)Oc2ccccc21)C1CCN(Cc2ccc(Cl)cc2F)CC1. The Balaban J connectivity index is 1.21. The molecule has 0 bridgehead atoms. The van der Waals surface area contributed by atoms with Gasteiger partial charge >= 0.3 is 0 Å². The number of likely N-dealkylation sites (tertiary alicyclic amines) is 1. The van der Waals surface area contributed by atoms with E-state index in [4.69, 9.17) is 16.3 Å². The molecule has 5 rings (SSSR count). The summed E-state index contributed by atoms with van der Waals surface area (Å²) in [5.41, 5.74) is 1.60. The number of hydrogen-bond acceptors (Lipinski definition) is 3. The maximum atomic E-state index is 14.2. The highest BCUT2D eigenvalue weighted by Gasteiger charge is 2.42. The summed E-state index contributed by atoms with van der Waals surface area (Å²) < 4.78 is 20.7. The highest BCUT2D eigenvalue weighted by molar-refractivity contribution is 6.30. The number of halogens is 2. The fourth-order valence-corrected chi connectivity index (χ4v) is 5.94. The lowest BCUT2D eigenvalue weighted by molar-refractivity contribution is -0.128. The van der Waals surface area contributed by atoms with Crippen molar-refractivity contribution in [1.29, 1.82) is 0 Å². The number of hydrogen-bond donors (Lipinski definition) is 1. The van der Waals surface area contributed by atoms with E-state index >= 15 is 0 Å². The summed E-state index contributed by atoms with van der Waals surface area (Å²) in [6, 6.07) is 13.0. The maximum Gasteiger partial charge on any atom is 0.223 e. The van der Waals surface area contributed by atoms with Crippen LogP contribution in [0.5, 0.6) is 5.75 Å². The van der Waals surface area contributed by atoms with Crippen LogP contribution in [0, 0.1) is 11.7 Å². The van der Waals surface area contributed by atoms with Crippen molar-refractivity contribution in [3.05, 3.63) is 64.4 Å². The van der Waals surface area contributed by atoms with Crippen LogP contribution in [-0.4, -0.2) is 29.5 Å². The highest BCUT2D eigenvalue weighted by Crippen LogP contribution is 2.46. The molecule has 33 heavy (non-hydrogen) atoms. The summed E-state index contributed by atoms with van der Waals surface area (Å²) in [4.78, 5) is 15.5. The zero-order chi connectivity index (χ0) is 22.8. The number of carbonyl (C=O) groups excluding carboxylic acids is 1. The molecule has 0 aromatic heterocycles. The Kier molecular flexibility index (Phi) is 6.62. The van der Waals surface area contributed by atoms with Crippen molar-refractivity contribution in [2.75, 3.05) is 13.1 Å². The first kappa shape index (κ1) is 22.7. The van der Waals surface area contributed by atoms with Crippen LogP contribution in [0.15, 0.2) is 42.5 Å². The molecule has 1 N–H and O–H groups in total. The minimum atomic E-state index is -0.266. The summed E-state index contributed by atoms with van der Waals surface area (Å²) >= 11 is 5.87. The van der Waals surface area contributed by atoms with Crippen molar-refractivity contribution in [2.24, 2.45) is 5.92 Å². The van der Waals surface area contributed by atoms with Crippen LogP contribution in [0.1, 0.15) is 68.5 Å². The summed E-state index contributed by atoms with van der Waals surface area (Å²) in [5, 5.41) is 3.80. The monoisotopic (exact) mass is 470 g/mol. The van der Waals surface area contributed by atoms with Crippen LogP contribution in [-0.2, 0) is 11.3 Å². The largest absolute Gasteiger partial charge is 0.487 e. The van der Waals surface area contributed by atoms with E-state index in [0.29, 0.717) is 17.1 Å². The van der Waals surface area contributed by atoms with Crippen LogP contribution >= 0.6 is 11.6 Å². The zero-order valence-corrected chi connectivity index (χ0v) is 19.7. The third kappa shape index (κ3) is 5.04. The molecule has 1 saturated carbocycles. The van der Waals surface area contributed by atoms with Crippen LogP contribution < -0.4 is 10.1 Å². The molecule has 2 heterocycles. The van der Waals surface area contributed by atoms with Crippen LogP contribution in [0.2, 0.25) is 5.02 Å². The van der Waals surface area contributed by atoms with Crippen molar-refractivity contribution in [1.82, 2.24) is 10.2 Å². The summed E-state index contributed by atoms with van der Waals surface area (Å²) in [6.07, 6.45) is 8.20. The second-order valence-corrected chi connectivity index (χ2v) is 10.4. The van der Waals surface area contributed by atoms with E-state index in [0.717, 1.165) is 56.5 Å². The topological polar surface area (TPSA) is 41.6 Å². The van der Waals surface area contributed by atoms with Crippen LogP contribution in [0.25, 0.3) is 0 Å². The van der Waals surface area contributed by atoms with Crippen molar-refractivity contribution in [2.45, 2.75) is 69.6 Å². The molecular weight excluding hydrogens is 439 g/mol. The van der Waals surface area contributed by atoms with Gasteiger partial charge in [-0.05, 0) is 69.8 Å². The molecule has 1 saturated heterocycles. The van der Waals surface area contributed by atoms with Crippen molar-refractivity contribution in [3.8, 4) is 5.75 Å². The predicted octanol–water partition coefficient (Wildman–Crippen LogP) is 6.03. The second-order valence-electron chi connectivity index (χ2n) is 9.94. The fraction of sp³-hybridized carbons (Fsp3) is 0.519. The first-order chi connectivity index (χ1) is 16.0. The Labute approximate surface area is 200 Å². The second kappa shape index (κ2) is 9.63. The molecule has 0 radical (unpaired) electrons. The van der Waals surface area contributed by atoms with Crippen LogP contribution in [0.4, 0.5) is 4.39 Å². The average Bonchev–Trinajstić information content (AvgIpc) is 2.82. The lowest BCUT2D eigenvalue weighted by Crippen LogP contribution is -2.48.